The van der Waals surface area contributed by atoms with E-state index < -0.39 is 6.04 Å². The molecule has 2 amide bonds. The van der Waals surface area contributed by atoms with E-state index >= 15 is 0 Å². The van der Waals surface area contributed by atoms with Gasteiger partial charge in [0.15, 0.2) is 0 Å². The van der Waals surface area contributed by atoms with E-state index in [1.54, 1.807) is 0 Å². The third-order valence-corrected chi connectivity index (χ3v) is 2.91. The van der Waals surface area contributed by atoms with Gasteiger partial charge >= 0.3 is 12.0 Å². The van der Waals surface area contributed by atoms with Crippen molar-refractivity contribution in [3.05, 3.63) is 0 Å². The van der Waals surface area contributed by atoms with Gasteiger partial charge in [-0.25, -0.2) is 0 Å². The molecule has 0 aliphatic carbocycles. The van der Waals surface area contributed by atoms with Crippen molar-refractivity contribution in [3.8, 4) is 12.0 Å². The average Bonchev–Trinajstić information content (AvgIpc) is 2.47. The number of nitrogens with one attached hydrogen (secondary N) is 1. The van der Waals surface area contributed by atoms with Gasteiger partial charge in [0.05, 0.1) is 14.2 Å². The molecule has 1 aromatic heterocycles. The lowest BCUT2D eigenvalue weighted by Crippen LogP contribution is -2.48. The summed E-state index contributed by atoms with van der Waals surface area (Å²) in [5.74, 6) is -0.353. The number of hydrogen-bond acceptors (Lipinski definition) is 8. The Labute approximate surface area is 115 Å². The molecular weight excluding hydrogens is 266 g/mol. The predicted octanol–water partition coefficient (Wildman–Crippen LogP) is -0.552. The van der Waals surface area contributed by atoms with E-state index in [1.165, 1.54) is 21.3 Å². The summed E-state index contributed by atoms with van der Waals surface area (Å²) >= 11 is 0. The summed E-state index contributed by atoms with van der Waals surface area (Å²) in [5.41, 5.74) is 0. The maximum absolute atomic E-state index is 12.0. The number of hydrogen-bond donors (Lipinski definition) is 1. The highest BCUT2D eigenvalue weighted by molar-refractivity contribution is 6.01. The lowest BCUT2D eigenvalue weighted by Gasteiger charge is -2.28. The van der Waals surface area contributed by atoms with Crippen molar-refractivity contribution in [2.75, 3.05) is 26.6 Å². The van der Waals surface area contributed by atoms with Crippen molar-refractivity contribution >= 4 is 17.8 Å². The highest BCUT2D eigenvalue weighted by Crippen LogP contribution is 2.17. The van der Waals surface area contributed by atoms with Gasteiger partial charge in [0.2, 0.25) is 11.9 Å². The Kier molecular flexibility index (Phi) is 3.97. The SMILES string of the molecule is COc1nc(NC2CCC(=O)N(C)C2=O)nc(OC)n1. The summed E-state index contributed by atoms with van der Waals surface area (Å²) in [6.45, 7) is 0. The van der Waals surface area contributed by atoms with E-state index in [4.69, 9.17) is 9.47 Å². The van der Waals surface area contributed by atoms with Gasteiger partial charge in [-0.3, -0.25) is 14.5 Å². The summed E-state index contributed by atoms with van der Waals surface area (Å²) in [4.78, 5) is 36.3. The van der Waals surface area contributed by atoms with Crippen molar-refractivity contribution in [2.24, 2.45) is 0 Å². The zero-order valence-electron chi connectivity index (χ0n) is 11.4. The van der Waals surface area contributed by atoms with E-state index in [1.807, 2.05) is 0 Å². The van der Waals surface area contributed by atoms with Crippen LogP contribution in [-0.2, 0) is 9.59 Å². The Morgan fingerprint density at radius 1 is 1.15 bits per heavy atom. The molecule has 0 spiro atoms. The molecule has 108 valence electrons. The van der Waals surface area contributed by atoms with Crippen LogP contribution in [0.3, 0.4) is 0 Å². The van der Waals surface area contributed by atoms with E-state index in [0.29, 0.717) is 12.8 Å². The molecular formula is C11H15N5O4. The number of ether oxygens (including phenoxy) is 2. The number of rotatable bonds is 4. The Morgan fingerprint density at radius 2 is 1.75 bits per heavy atom. The van der Waals surface area contributed by atoms with Crippen molar-refractivity contribution < 1.29 is 19.1 Å². The van der Waals surface area contributed by atoms with Gasteiger partial charge in [0, 0.05) is 13.5 Å². The van der Waals surface area contributed by atoms with Crippen LogP contribution in [0.25, 0.3) is 0 Å². The second-order valence-corrected chi connectivity index (χ2v) is 4.16. The molecule has 0 bridgehead atoms. The summed E-state index contributed by atoms with van der Waals surface area (Å²) in [6.07, 6.45) is 0.678. The second kappa shape index (κ2) is 5.68. The molecule has 0 saturated carbocycles. The topological polar surface area (TPSA) is 107 Å². The number of imide groups is 1. The minimum absolute atomic E-state index is 0.0760. The second-order valence-electron chi connectivity index (χ2n) is 4.16. The first-order chi connectivity index (χ1) is 9.55. The van der Waals surface area contributed by atoms with E-state index in [2.05, 4.69) is 20.3 Å². The summed E-state index contributed by atoms with van der Waals surface area (Å²) in [6, 6.07) is -0.409. The van der Waals surface area contributed by atoms with Crippen LogP contribution in [0.1, 0.15) is 12.8 Å². The standard InChI is InChI=1S/C11H15N5O4/c1-16-7(17)5-4-6(8(16)18)12-9-13-10(19-2)15-11(14-9)20-3/h6H,4-5H2,1-3H3,(H,12,13,14,15). The summed E-state index contributed by atoms with van der Waals surface area (Å²) < 4.78 is 9.84. The van der Waals surface area contributed by atoms with Crippen LogP contribution in [-0.4, -0.2) is 59.0 Å². The molecule has 20 heavy (non-hydrogen) atoms. The molecule has 1 unspecified atom stereocenters. The lowest BCUT2D eigenvalue weighted by atomic mass is 10.1. The molecule has 0 aromatic carbocycles. The van der Waals surface area contributed by atoms with Gasteiger partial charge in [-0.15, -0.1) is 4.98 Å². The van der Waals surface area contributed by atoms with Crippen LogP contribution in [0.4, 0.5) is 5.95 Å². The molecule has 1 aromatic rings. The van der Waals surface area contributed by atoms with E-state index in [9.17, 15) is 9.59 Å². The Hall–Kier alpha value is -2.45. The highest BCUT2D eigenvalue weighted by atomic mass is 16.5. The quantitative estimate of drug-likeness (QED) is 0.732. The third-order valence-electron chi connectivity index (χ3n) is 2.91. The minimum atomic E-state index is -0.561. The van der Waals surface area contributed by atoms with Gasteiger partial charge in [0.25, 0.3) is 5.91 Å². The lowest BCUT2D eigenvalue weighted by molar-refractivity contribution is -0.146. The maximum Gasteiger partial charge on any atom is 0.324 e. The van der Waals surface area contributed by atoms with Crippen LogP contribution in [0.2, 0.25) is 0 Å². The van der Waals surface area contributed by atoms with Crippen molar-refractivity contribution in [2.45, 2.75) is 18.9 Å². The summed E-state index contributed by atoms with van der Waals surface area (Å²) in [5, 5.41) is 2.87. The maximum atomic E-state index is 12.0. The number of aromatic nitrogens is 3. The predicted molar refractivity (Wildman–Crippen MR) is 67.4 cm³/mol. The molecule has 1 aliphatic rings. The molecule has 9 nitrogen and oxygen atoms in total. The van der Waals surface area contributed by atoms with Crippen molar-refractivity contribution in [1.29, 1.82) is 0 Å². The molecule has 2 heterocycles. The van der Waals surface area contributed by atoms with E-state index in [0.717, 1.165) is 4.90 Å². The number of piperidine rings is 1. The molecule has 1 saturated heterocycles. The average molecular weight is 281 g/mol. The van der Waals surface area contributed by atoms with Crippen LogP contribution in [0.5, 0.6) is 12.0 Å². The monoisotopic (exact) mass is 281 g/mol. The number of anilines is 1. The van der Waals surface area contributed by atoms with Gasteiger partial charge in [0.1, 0.15) is 6.04 Å². The Morgan fingerprint density at radius 3 is 2.30 bits per heavy atom. The molecule has 2 rings (SSSR count). The largest absolute Gasteiger partial charge is 0.467 e. The Balaban J connectivity index is 2.17. The Bertz CT molecular complexity index is 513. The molecule has 1 aliphatic heterocycles. The normalized spacial score (nSPS) is 18.9. The zero-order valence-corrected chi connectivity index (χ0v) is 11.4. The van der Waals surface area contributed by atoms with Gasteiger partial charge < -0.3 is 14.8 Å². The summed E-state index contributed by atoms with van der Waals surface area (Å²) in [7, 11) is 4.28. The van der Waals surface area contributed by atoms with Crippen LogP contribution >= 0.6 is 0 Å². The molecule has 0 radical (unpaired) electrons. The van der Waals surface area contributed by atoms with Crippen molar-refractivity contribution in [1.82, 2.24) is 19.9 Å². The first-order valence-electron chi connectivity index (χ1n) is 5.96. The number of amides is 2. The number of methoxy groups -OCH3 is 2. The smallest absolute Gasteiger partial charge is 0.324 e. The van der Waals surface area contributed by atoms with Crippen LogP contribution in [0.15, 0.2) is 0 Å². The number of likely N-dealkylation sites (N-methyl/N-ethyl adjacent to an activating group) is 1. The minimum Gasteiger partial charge on any atom is -0.467 e. The van der Waals surface area contributed by atoms with Crippen LogP contribution < -0.4 is 14.8 Å². The van der Waals surface area contributed by atoms with Gasteiger partial charge in [-0.05, 0) is 6.42 Å². The zero-order chi connectivity index (χ0) is 14.7. The number of carbonyl (C=O) groups excluding carboxylic acids is 2. The molecule has 1 N–H and O–H groups in total. The van der Waals surface area contributed by atoms with E-state index in [-0.39, 0.29) is 29.8 Å². The molecule has 9 heteroatoms. The number of nitrogens with zero attached hydrogens (tertiary/aromatic N) is 4. The fourth-order valence-electron chi connectivity index (χ4n) is 1.79. The molecule has 1 fully saturated rings. The first kappa shape index (κ1) is 14.0. The first-order valence-corrected chi connectivity index (χ1v) is 5.96. The van der Waals surface area contributed by atoms with Crippen LogP contribution in [0, 0.1) is 0 Å². The number of carbonyl (C=O) groups is 2. The van der Waals surface area contributed by atoms with Crippen molar-refractivity contribution in [3.63, 3.8) is 0 Å². The number of likely N-dealkylation sites (tertiary alicyclic amines) is 1. The fourth-order valence-corrected chi connectivity index (χ4v) is 1.79. The fraction of sp³-hybridized carbons (Fsp3) is 0.545. The molecule has 1 atom stereocenters. The van der Waals surface area contributed by atoms with Gasteiger partial charge in [-0.1, -0.05) is 0 Å². The third kappa shape index (κ3) is 2.76. The van der Waals surface area contributed by atoms with Gasteiger partial charge in [-0.2, -0.15) is 9.97 Å². The highest BCUT2D eigenvalue weighted by Gasteiger charge is 2.32.